The molecule has 0 fully saturated rings. The van der Waals surface area contributed by atoms with Crippen LogP contribution in [-0.2, 0) is 4.57 Å². The molecule has 3 nitrogen and oxygen atoms in total. The molecule has 0 aliphatic carbocycles. The van der Waals surface area contributed by atoms with E-state index in [1.165, 1.54) is 22.3 Å². The van der Waals surface area contributed by atoms with Crippen LogP contribution in [0.25, 0.3) is 0 Å². The first-order valence-corrected chi connectivity index (χ1v) is 12.3. The van der Waals surface area contributed by atoms with Gasteiger partial charge in [-0.05, 0) is 71.9 Å². The molecule has 0 N–H and O–H groups in total. The van der Waals surface area contributed by atoms with Gasteiger partial charge in [0.1, 0.15) is 11.5 Å². The highest BCUT2D eigenvalue weighted by Gasteiger charge is 2.22. The van der Waals surface area contributed by atoms with Crippen LogP contribution in [0.2, 0.25) is 0 Å². The molecule has 0 atom stereocenters. The number of benzene rings is 2. The van der Waals surface area contributed by atoms with Crippen LogP contribution >= 0.6 is 8.25 Å². The van der Waals surface area contributed by atoms with Gasteiger partial charge in [0.2, 0.25) is 0 Å². The zero-order chi connectivity index (χ0) is 22.7. The van der Waals surface area contributed by atoms with Gasteiger partial charge in [0.15, 0.2) is 0 Å². The quantitative estimate of drug-likeness (QED) is 0.393. The van der Waals surface area contributed by atoms with E-state index in [0.717, 1.165) is 11.1 Å². The van der Waals surface area contributed by atoms with Crippen LogP contribution in [0, 0.1) is 13.8 Å². The van der Waals surface area contributed by atoms with Crippen LogP contribution in [-0.4, -0.2) is 0 Å². The van der Waals surface area contributed by atoms with Crippen LogP contribution in [0.15, 0.2) is 24.3 Å². The van der Waals surface area contributed by atoms with Crippen molar-refractivity contribution in [1.29, 1.82) is 0 Å². The molecule has 0 bridgehead atoms. The summed E-state index contributed by atoms with van der Waals surface area (Å²) in [6, 6.07) is 7.96. The summed E-state index contributed by atoms with van der Waals surface area (Å²) in [5.74, 6) is 2.62. The summed E-state index contributed by atoms with van der Waals surface area (Å²) >= 11 is 0. The normalized spacial score (nSPS) is 12.0. The molecule has 0 saturated heterocycles. The van der Waals surface area contributed by atoms with Crippen LogP contribution in [0.5, 0.6) is 11.5 Å². The first-order valence-electron chi connectivity index (χ1n) is 11.1. The molecule has 0 unspecified atom stereocenters. The average Bonchev–Trinajstić information content (AvgIpc) is 2.62. The van der Waals surface area contributed by atoms with Crippen molar-refractivity contribution >= 4 is 8.25 Å². The number of aryl methyl sites for hydroxylation is 2. The molecule has 2 aromatic rings. The fourth-order valence-electron chi connectivity index (χ4n) is 4.55. The Kier molecular flexibility index (Phi) is 8.22. The van der Waals surface area contributed by atoms with E-state index >= 15 is 0 Å². The van der Waals surface area contributed by atoms with E-state index in [-0.39, 0.29) is 11.8 Å². The lowest BCUT2D eigenvalue weighted by molar-refractivity contribution is 0.409. The van der Waals surface area contributed by atoms with Gasteiger partial charge >= 0.3 is 8.25 Å². The summed E-state index contributed by atoms with van der Waals surface area (Å²) in [6.45, 7) is 21.6. The van der Waals surface area contributed by atoms with Crippen molar-refractivity contribution in [2.75, 3.05) is 0 Å². The maximum Gasteiger partial charge on any atom is 0.418 e. The van der Waals surface area contributed by atoms with Gasteiger partial charge in [-0.3, -0.25) is 0 Å². The molecular formula is C26H39O3P. The highest BCUT2D eigenvalue weighted by atomic mass is 31.1. The summed E-state index contributed by atoms with van der Waals surface area (Å²) in [5, 5.41) is 0. The minimum atomic E-state index is -2.76. The monoisotopic (exact) mass is 430 g/mol. The van der Waals surface area contributed by atoms with E-state index in [4.69, 9.17) is 9.05 Å². The summed E-state index contributed by atoms with van der Waals surface area (Å²) in [6.07, 6.45) is 0. The Hall–Kier alpha value is -1.73. The molecule has 0 saturated carbocycles. The zero-order valence-corrected chi connectivity index (χ0v) is 21.3. The molecule has 0 radical (unpaired) electrons. The number of rotatable bonds is 8. The van der Waals surface area contributed by atoms with Gasteiger partial charge in [-0.1, -0.05) is 67.5 Å². The third-order valence-corrected chi connectivity index (χ3v) is 6.40. The predicted octanol–water partition coefficient (Wildman–Crippen LogP) is 8.64. The second-order valence-corrected chi connectivity index (χ2v) is 10.4. The minimum Gasteiger partial charge on any atom is -0.418 e. The fourth-order valence-corrected chi connectivity index (χ4v) is 5.31. The van der Waals surface area contributed by atoms with Crippen LogP contribution in [0.3, 0.4) is 0 Å². The second kappa shape index (κ2) is 10.1. The topological polar surface area (TPSA) is 35.5 Å². The van der Waals surface area contributed by atoms with Crippen LogP contribution in [0.1, 0.15) is 112 Å². The van der Waals surface area contributed by atoms with Gasteiger partial charge < -0.3 is 9.05 Å². The Morgan fingerprint density at radius 1 is 0.567 bits per heavy atom. The zero-order valence-electron chi connectivity index (χ0n) is 20.3. The smallest absolute Gasteiger partial charge is 0.418 e. The third kappa shape index (κ3) is 5.30. The van der Waals surface area contributed by atoms with Gasteiger partial charge in [0, 0.05) is 11.1 Å². The van der Waals surface area contributed by atoms with E-state index < -0.39 is 8.25 Å². The molecule has 0 spiro atoms. The lowest BCUT2D eigenvalue weighted by Gasteiger charge is -2.24. The van der Waals surface area contributed by atoms with Crippen molar-refractivity contribution in [2.24, 2.45) is 0 Å². The highest BCUT2D eigenvalue weighted by molar-refractivity contribution is 7.34. The molecule has 0 amide bonds. The van der Waals surface area contributed by atoms with Crippen molar-refractivity contribution in [1.82, 2.24) is 0 Å². The molecule has 2 rings (SSSR count). The maximum absolute atomic E-state index is 13.0. The van der Waals surface area contributed by atoms with E-state index in [0.29, 0.717) is 23.3 Å². The highest BCUT2D eigenvalue weighted by Crippen LogP contribution is 2.43. The fraction of sp³-hybridized carbons (Fsp3) is 0.538. The Morgan fingerprint density at radius 3 is 1.13 bits per heavy atom. The molecular weight excluding hydrogens is 391 g/mol. The number of hydrogen-bond donors (Lipinski definition) is 0. The summed E-state index contributed by atoms with van der Waals surface area (Å²) < 4.78 is 24.9. The molecule has 2 aromatic carbocycles. The SMILES string of the molecule is Cc1ccc(O[PH](=O)Oc2ccc(C)c(C(C)C)c2C(C)C)c(C(C)C)c1C(C)C. The Morgan fingerprint density at radius 2 is 0.867 bits per heavy atom. The number of hydrogen-bond acceptors (Lipinski definition) is 3. The van der Waals surface area contributed by atoms with Crippen LogP contribution in [0.4, 0.5) is 0 Å². The molecule has 0 aliphatic heterocycles. The van der Waals surface area contributed by atoms with Gasteiger partial charge in [0.05, 0.1) is 0 Å². The summed E-state index contributed by atoms with van der Waals surface area (Å²) in [5.41, 5.74) is 7.29. The Labute approximate surface area is 184 Å². The van der Waals surface area contributed by atoms with E-state index in [1.807, 2.05) is 24.3 Å². The van der Waals surface area contributed by atoms with Crippen molar-refractivity contribution in [2.45, 2.75) is 92.9 Å². The maximum atomic E-state index is 13.0. The molecule has 0 aromatic heterocycles. The lowest BCUT2D eigenvalue weighted by atomic mass is 9.87. The lowest BCUT2D eigenvalue weighted by Crippen LogP contribution is -2.06. The van der Waals surface area contributed by atoms with Crippen molar-refractivity contribution < 1.29 is 13.6 Å². The molecule has 0 aliphatic rings. The standard InChI is InChI=1S/C26H39O3P/c1-15(2)23-19(9)11-13-21(25(23)17(5)6)28-30(27)29-22-14-12-20(10)24(16(3)4)26(22)18(7)8/h11-18,30H,1-10H3. The van der Waals surface area contributed by atoms with E-state index in [9.17, 15) is 4.57 Å². The van der Waals surface area contributed by atoms with E-state index in [1.54, 1.807) is 0 Å². The molecule has 4 heteroatoms. The predicted molar refractivity (Wildman–Crippen MR) is 129 cm³/mol. The average molecular weight is 431 g/mol. The Bertz CT molecular complexity index is 837. The summed E-state index contributed by atoms with van der Waals surface area (Å²) in [4.78, 5) is 0. The minimum absolute atomic E-state index is 0.269. The largest absolute Gasteiger partial charge is 0.418 e. The van der Waals surface area contributed by atoms with Gasteiger partial charge in [-0.25, -0.2) is 4.57 Å². The summed E-state index contributed by atoms with van der Waals surface area (Å²) in [7, 11) is -2.76. The first-order chi connectivity index (χ1) is 14.0. The molecule has 30 heavy (non-hydrogen) atoms. The van der Waals surface area contributed by atoms with Crippen LogP contribution < -0.4 is 9.05 Å². The Balaban J connectivity index is 2.42. The van der Waals surface area contributed by atoms with Gasteiger partial charge in [0.25, 0.3) is 0 Å². The van der Waals surface area contributed by atoms with Crippen molar-refractivity contribution in [3.8, 4) is 11.5 Å². The third-order valence-electron chi connectivity index (χ3n) is 5.63. The molecule has 0 heterocycles. The first kappa shape index (κ1) is 24.5. The van der Waals surface area contributed by atoms with E-state index in [2.05, 4.69) is 69.2 Å². The second-order valence-electron chi connectivity index (χ2n) is 9.49. The van der Waals surface area contributed by atoms with Gasteiger partial charge in [-0.15, -0.1) is 0 Å². The van der Waals surface area contributed by atoms with Gasteiger partial charge in [-0.2, -0.15) is 0 Å². The van der Waals surface area contributed by atoms with Crippen molar-refractivity contribution in [3.05, 3.63) is 57.6 Å². The molecule has 166 valence electrons. The van der Waals surface area contributed by atoms with Crippen molar-refractivity contribution in [3.63, 3.8) is 0 Å².